The molecule has 10 nitrogen and oxygen atoms in total. The first-order chi connectivity index (χ1) is 18.3. The molecule has 0 saturated carbocycles. The van der Waals surface area contributed by atoms with Crippen LogP contribution in [0, 0.1) is 5.41 Å². The number of carbonyl (C=O) groups excluding carboxylic acids is 2. The van der Waals surface area contributed by atoms with Crippen molar-refractivity contribution in [3.8, 4) is 5.75 Å². The molecule has 0 bridgehead atoms. The number of ether oxygens (including phenoxy) is 1. The molecule has 1 aliphatic rings. The quantitative estimate of drug-likeness (QED) is 0.245. The minimum Gasteiger partial charge on any atom is -0.482 e. The Morgan fingerprint density at radius 2 is 1.66 bits per heavy atom. The maximum absolute atomic E-state index is 13.1. The smallest absolute Gasteiger partial charge is 0.341 e. The number of hydrogen-bond acceptors (Lipinski definition) is 6. The number of piperidine rings is 1. The van der Waals surface area contributed by atoms with Gasteiger partial charge in [-0.3, -0.25) is 15.0 Å². The maximum Gasteiger partial charge on any atom is 0.341 e. The molecule has 196 valence electrons. The summed E-state index contributed by atoms with van der Waals surface area (Å²) >= 11 is 5.85. The van der Waals surface area contributed by atoms with Gasteiger partial charge in [0.15, 0.2) is 6.61 Å². The summed E-state index contributed by atoms with van der Waals surface area (Å²) in [6.45, 7) is 1.11. The Morgan fingerprint density at radius 3 is 2.32 bits per heavy atom. The summed E-state index contributed by atoms with van der Waals surface area (Å²) in [6.07, 6.45) is 4.67. The van der Waals surface area contributed by atoms with Crippen LogP contribution in [0.15, 0.2) is 60.8 Å². The molecule has 1 aromatic heterocycles. The fraction of sp³-hybridized carbons (Fsp3) is 0.222. The molecule has 1 aliphatic heterocycles. The molecule has 0 radical (unpaired) electrons. The van der Waals surface area contributed by atoms with E-state index in [9.17, 15) is 14.4 Å². The molecule has 1 saturated heterocycles. The summed E-state index contributed by atoms with van der Waals surface area (Å²) in [5.74, 6) is -1.42. The van der Waals surface area contributed by atoms with Crippen LogP contribution in [-0.2, 0) is 4.79 Å². The van der Waals surface area contributed by atoms with Gasteiger partial charge in [0.1, 0.15) is 17.4 Å². The van der Waals surface area contributed by atoms with Crippen molar-refractivity contribution in [1.82, 2.24) is 9.88 Å². The summed E-state index contributed by atoms with van der Waals surface area (Å²) in [6, 6.07) is 14.1. The van der Waals surface area contributed by atoms with Gasteiger partial charge in [-0.1, -0.05) is 23.7 Å². The molecule has 0 spiro atoms. The van der Waals surface area contributed by atoms with E-state index in [2.05, 4.69) is 15.6 Å². The molecule has 1 fully saturated rings. The van der Waals surface area contributed by atoms with E-state index in [4.69, 9.17) is 26.9 Å². The number of aromatic nitrogens is 1. The van der Waals surface area contributed by atoms with Gasteiger partial charge >= 0.3 is 5.97 Å². The number of hydrogen-bond donors (Lipinski definition) is 4. The number of amides is 2. The molecule has 3 aromatic rings. The maximum atomic E-state index is 13.1. The van der Waals surface area contributed by atoms with Crippen molar-refractivity contribution in [3.63, 3.8) is 0 Å². The van der Waals surface area contributed by atoms with Crippen LogP contribution in [0.1, 0.15) is 45.5 Å². The number of carboxylic acid groups (broad SMARTS) is 1. The Bertz CT molecular complexity index is 1340. The number of amidine groups is 1. The molecule has 4 rings (SSSR count). The van der Waals surface area contributed by atoms with Gasteiger partial charge in [-0.2, -0.15) is 0 Å². The molecule has 2 heterocycles. The van der Waals surface area contributed by atoms with Gasteiger partial charge in [-0.05, 0) is 61.7 Å². The summed E-state index contributed by atoms with van der Waals surface area (Å²) in [5, 5.41) is 23.1. The molecule has 11 heteroatoms. The lowest BCUT2D eigenvalue weighted by atomic mass is 10.1. The molecular weight excluding hydrogens is 510 g/mol. The fourth-order valence-electron chi connectivity index (χ4n) is 3.96. The minimum absolute atomic E-state index is 0.0430. The number of pyridine rings is 1. The van der Waals surface area contributed by atoms with Crippen molar-refractivity contribution in [2.75, 3.05) is 30.3 Å². The van der Waals surface area contributed by atoms with E-state index in [1.165, 1.54) is 36.9 Å². The molecule has 0 unspecified atom stereocenters. The standard InChI is InChI=1S/C27H26ClN5O5/c28-19-8-11-23(30-15-19)32-27(37)21-14-20(38-16-24(34)35)9-10-22(21)31-26(36)18-6-4-17(5-7-18)25(29)33-12-2-1-3-13-33/h4-11,14-15,29H,1-3,12-13,16H2,(H,31,36)(H,34,35)(H,30,32,37). The number of anilines is 2. The van der Waals surface area contributed by atoms with E-state index < -0.39 is 24.4 Å². The second-order valence-electron chi connectivity index (χ2n) is 8.63. The van der Waals surface area contributed by atoms with Crippen LogP contribution in [-0.4, -0.2) is 58.3 Å². The zero-order valence-corrected chi connectivity index (χ0v) is 21.1. The highest BCUT2D eigenvalue weighted by molar-refractivity contribution is 6.30. The zero-order valence-electron chi connectivity index (χ0n) is 20.4. The average Bonchev–Trinajstić information content (AvgIpc) is 2.93. The van der Waals surface area contributed by atoms with Crippen LogP contribution in [0.3, 0.4) is 0 Å². The van der Waals surface area contributed by atoms with Crippen LogP contribution in [0.4, 0.5) is 11.5 Å². The molecule has 0 atom stereocenters. The van der Waals surface area contributed by atoms with Gasteiger partial charge in [-0.15, -0.1) is 0 Å². The van der Waals surface area contributed by atoms with Crippen LogP contribution in [0.2, 0.25) is 5.02 Å². The van der Waals surface area contributed by atoms with E-state index in [1.54, 1.807) is 30.3 Å². The zero-order chi connectivity index (χ0) is 27.1. The third-order valence-corrected chi connectivity index (χ3v) is 6.13. The molecule has 2 amide bonds. The first-order valence-corrected chi connectivity index (χ1v) is 12.3. The summed E-state index contributed by atoms with van der Waals surface area (Å²) in [4.78, 5) is 43.1. The minimum atomic E-state index is -1.17. The van der Waals surface area contributed by atoms with E-state index in [1.807, 2.05) is 4.90 Å². The second-order valence-corrected chi connectivity index (χ2v) is 9.07. The molecule has 2 aromatic carbocycles. The lowest BCUT2D eigenvalue weighted by molar-refractivity contribution is -0.139. The van der Waals surface area contributed by atoms with Gasteiger partial charge in [0.25, 0.3) is 11.8 Å². The number of carbonyl (C=O) groups is 3. The van der Waals surface area contributed by atoms with Crippen LogP contribution in [0.5, 0.6) is 5.75 Å². The highest BCUT2D eigenvalue weighted by Crippen LogP contribution is 2.25. The predicted octanol–water partition coefficient (Wildman–Crippen LogP) is 4.51. The number of aliphatic carboxylic acids is 1. The van der Waals surface area contributed by atoms with Crippen molar-refractivity contribution in [2.24, 2.45) is 0 Å². The summed E-state index contributed by atoms with van der Waals surface area (Å²) in [5.41, 5.74) is 1.30. The van der Waals surface area contributed by atoms with Crippen molar-refractivity contribution in [3.05, 3.63) is 82.5 Å². The molecule has 38 heavy (non-hydrogen) atoms. The summed E-state index contributed by atoms with van der Waals surface area (Å²) < 4.78 is 5.20. The first kappa shape index (κ1) is 26.6. The second kappa shape index (κ2) is 12.2. The van der Waals surface area contributed by atoms with Gasteiger partial charge < -0.3 is 25.4 Å². The number of rotatable bonds is 8. The van der Waals surface area contributed by atoms with Crippen LogP contribution in [0.25, 0.3) is 0 Å². The Balaban J connectivity index is 1.52. The van der Waals surface area contributed by atoms with Crippen LogP contribution < -0.4 is 15.4 Å². The van der Waals surface area contributed by atoms with Gasteiger partial charge in [0.05, 0.1) is 16.3 Å². The Kier molecular flexibility index (Phi) is 8.55. The Labute approximate surface area is 224 Å². The number of likely N-dealkylation sites (tertiary alicyclic amines) is 1. The average molecular weight is 536 g/mol. The van der Waals surface area contributed by atoms with Crippen molar-refractivity contribution in [1.29, 1.82) is 5.41 Å². The van der Waals surface area contributed by atoms with Crippen molar-refractivity contribution >= 4 is 46.7 Å². The van der Waals surface area contributed by atoms with E-state index >= 15 is 0 Å². The highest BCUT2D eigenvalue weighted by Gasteiger charge is 2.19. The van der Waals surface area contributed by atoms with Gasteiger partial charge in [-0.25, -0.2) is 9.78 Å². The van der Waals surface area contributed by atoms with E-state index in [0.29, 0.717) is 16.4 Å². The van der Waals surface area contributed by atoms with Crippen molar-refractivity contribution < 1.29 is 24.2 Å². The number of benzene rings is 2. The third-order valence-electron chi connectivity index (χ3n) is 5.91. The Hall–Kier alpha value is -4.44. The topological polar surface area (TPSA) is 145 Å². The number of nitrogens with one attached hydrogen (secondary N) is 3. The van der Waals surface area contributed by atoms with Crippen LogP contribution >= 0.6 is 11.6 Å². The van der Waals surface area contributed by atoms with Gasteiger partial charge in [0.2, 0.25) is 0 Å². The molecule has 0 aliphatic carbocycles. The fourth-order valence-corrected chi connectivity index (χ4v) is 4.07. The van der Waals surface area contributed by atoms with E-state index in [0.717, 1.165) is 31.5 Å². The van der Waals surface area contributed by atoms with E-state index in [-0.39, 0.29) is 22.8 Å². The lowest BCUT2D eigenvalue weighted by Crippen LogP contribution is -2.35. The number of carboxylic acids is 1. The molecule has 4 N–H and O–H groups in total. The lowest BCUT2D eigenvalue weighted by Gasteiger charge is -2.29. The highest BCUT2D eigenvalue weighted by atomic mass is 35.5. The monoisotopic (exact) mass is 535 g/mol. The molecular formula is C27H26ClN5O5. The van der Waals surface area contributed by atoms with Crippen molar-refractivity contribution in [2.45, 2.75) is 19.3 Å². The largest absolute Gasteiger partial charge is 0.482 e. The third kappa shape index (κ3) is 6.86. The number of nitrogens with zero attached hydrogens (tertiary/aromatic N) is 2. The normalized spacial score (nSPS) is 12.9. The summed E-state index contributed by atoms with van der Waals surface area (Å²) in [7, 11) is 0. The Morgan fingerprint density at radius 1 is 0.947 bits per heavy atom. The first-order valence-electron chi connectivity index (χ1n) is 12.0. The SMILES string of the molecule is N=C(c1ccc(C(=O)Nc2ccc(OCC(=O)O)cc2C(=O)Nc2ccc(Cl)cn2)cc1)N1CCCCC1. The predicted molar refractivity (Wildman–Crippen MR) is 143 cm³/mol. The van der Waals surface area contributed by atoms with Gasteiger partial charge in [0, 0.05) is 30.4 Å². The number of halogens is 1.